The summed E-state index contributed by atoms with van der Waals surface area (Å²) in [6.45, 7) is 0. The van der Waals surface area contributed by atoms with Crippen LogP contribution in [0.1, 0.15) is 20.8 Å². The summed E-state index contributed by atoms with van der Waals surface area (Å²) in [5.41, 5.74) is -2.70. The Bertz CT molecular complexity index is 1020. The number of benzene rings is 2. The van der Waals surface area contributed by atoms with E-state index in [1.54, 1.807) is 0 Å². The van der Waals surface area contributed by atoms with E-state index in [0.717, 1.165) is 29.5 Å². The maximum Gasteiger partial charge on any atom is 0.419 e. The van der Waals surface area contributed by atoms with E-state index < -0.39 is 35.2 Å². The van der Waals surface area contributed by atoms with Crippen molar-refractivity contribution in [1.29, 1.82) is 0 Å². The van der Waals surface area contributed by atoms with Crippen LogP contribution in [-0.4, -0.2) is 5.91 Å². The fraction of sp³-hybridized carbons (Fsp3) is 0.118. The van der Waals surface area contributed by atoms with Crippen LogP contribution in [0.3, 0.4) is 0 Å². The van der Waals surface area contributed by atoms with Gasteiger partial charge in [-0.15, -0.1) is 11.3 Å². The molecule has 0 aliphatic heterocycles. The number of halogens is 7. The zero-order valence-corrected chi connectivity index (χ0v) is 13.8. The highest BCUT2D eigenvalue weighted by Crippen LogP contribution is 2.35. The minimum Gasteiger partial charge on any atom is -0.321 e. The molecule has 27 heavy (non-hydrogen) atoms. The third-order valence-corrected chi connectivity index (χ3v) is 4.70. The van der Waals surface area contributed by atoms with Gasteiger partial charge in [0.25, 0.3) is 5.91 Å². The summed E-state index contributed by atoms with van der Waals surface area (Å²) in [5.74, 6) is -2.30. The van der Waals surface area contributed by atoms with Gasteiger partial charge in [-0.25, -0.2) is 4.39 Å². The van der Waals surface area contributed by atoms with Crippen molar-refractivity contribution < 1.29 is 35.5 Å². The smallest absolute Gasteiger partial charge is 0.321 e. The van der Waals surface area contributed by atoms with E-state index in [9.17, 15) is 35.5 Å². The molecule has 1 N–H and O–H groups in total. The number of carbonyl (C=O) groups excluding carboxylic acids is 1. The van der Waals surface area contributed by atoms with Gasteiger partial charge < -0.3 is 5.32 Å². The van der Waals surface area contributed by atoms with Gasteiger partial charge in [0.05, 0.1) is 16.0 Å². The molecule has 1 heterocycles. The van der Waals surface area contributed by atoms with Crippen LogP contribution < -0.4 is 5.32 Å². The van der Waals surface area contributed by atoms with Crippen LogP contribution in [0.4, 0.5) is 36.4 Å². The molecule has 0 unspecified atom stereocenters. The van der Waals surface area contributed by atoms with Crippen LogP contribution in [0.15, 0.2) is 42.5 Å². The molecule has 0 saturated heterocycles. The molecular formula is C17H8F7NOS. The Balaban J connectivity index is 1.88. The van der Waals surface area contributed by atoms with E-state index >= 15 is 0 Å². The highest BCUT2D eigenvalue weighted by atomic mass is 32.1. The van der Waals surface area contributed by atoms with Gasteiger partial charge in [-0.3, -0.25) is 4.79 Å². The first-order valence-corrected chi connectivity index (χ1v) is 8.06. The second-order valence-corrected chi connectivity index (χ2v) is 6.59. The molecule has 2 nitrogen and oxygen atoms in total. The Labute approximate surface area is 151 Å². The SMILES string of the molecule is O=C(Nc1ccc(F)c(C(F)(F)F)c1)c1cc2ccc(C(F)(F)F)cc2s1. The van der Waals surface area contributed by atoms with Crippen molar-refractivity contribution in [3.63, 3.8) is 0 Å². The molecule has 0 saturated carbocycles. The number of anilines is 1. The number of amides is 1. The van der Waals surface area contributed by atoms with Crippen molar-refractivity contribution >= 4 is 33.0 Å². The zero-order valence-electron chi connectivity index (χ0n) is 13.0. The fourth-order valence-electron chi connectivity index (χ4n) is 2.33. The largest absolute Gasteiger partial charge is 0.419 e. The molecule has 0 fully saturated rings. The van der Waals surface area contributed by atoms with Gasteiger partial charge >= 0.3 is 12.4 Å². The van der Waals surface area contributed by atoms with E-state index in [-0.39, 0.29) is 15.3 Å². The van der Waals surface area contributed by atoms with Crippen LogP contribution in [0.5, 0.6) is 0 Å². The monoisotopic (exact) mass is 407 g/mol. The van der Waals surface area contributed by atoms with Gasteiger partial charge in [0, 0.05) is 10.4 Å². The Morgan fingerprint density at radius 3 is 2.22 bits per heavy atom. The Morgan fingerprint density at radius 2 is 1.59 bits per heavy atom. The van der Waals surface area contributed by atoms with E-state index in [4.69, 9.17) is 0 Å². The lowest BCUT2D eigenvalue weighted by molar-refractivity contribution is -0.140. The quantitative estimate of drug-likeness (QED) is 0.494. The second kappa shape index (κ2) is 6.52. The van der Waals surface area contributed by atoms with Gasteiger partial charge in [-0.05, 0) is 41.8 Å². The number of nitrogens with one attached hydrogen (secondary N) is 1. The summed E-state index contributed by atoms with van der Waals surface area (Å²) in [6, 6.07) is 6.25. The Hall–Kier alpha value is -2.62. The van der Waals surface area contributed by atoms with Gasteiger partial charge in [0.15, 0.2) is 0 Å². The molecule has 1 amide bonds. The van der Waals surface area contributed by atoms with Crippen LogP contribution in [0, 0.1) is 5.82 Å². The molecular weight excluding hydrogens is 399 g/mol. The Morgan fingerprint density at radius 1 is 0.889 bits per heavy atom. The van der Waals surface area contributed by atoms with E-state index in [2.05, 4.69) is 5.32 Å². The summed E-state index contributed by atoms with van der Waals surface area (Å²) in [5, 5.41) is 2.57. The maximum absolute atomic E-state index is 13.3. The van der Waals surface area contributed by atoms with E-state index in [0.29, 0.717) is 17.5 Å². The lowest BCUT2D eigenvalue weighted by atomic mass is 10.1. The predicted octanol–water partition coefficient (Wildman–Crippen LogP) is 6.33. The number of hydrogen-bond acceptors (Lipinski definition) is 2. The third kappa shape index (κ3) is 4.05. The second-order valence-electron chi connectivity index (χ2n) is 5.51. The van der Waals surface area contributed by atoms with Gasteiger partial charge in [0.1, 0.15) is 5.82 Å². The molecule has 2 aromatic carbocycles. The van der Waals surface area contributed by atoms with Crippen LogP contribution >= 0.6 is 11.3 Å². The molecule has 0 aliphatic carbocycles. The first-order chi connectivity index (χ1) is 12.4. The average Bonchev–Trinajstić information content (AvgIpc) is 2.98. The van der Waals surface area contributed by atoms with Crippen molar-refractivity contribution in [2.75, 3.05) is 5.32 Å². The van der Waals surface area contributed by atoms with Gasteiger partial charge in [-0.2, -0.15) is 26.3 Å². The third-order valence-electron chi connectivity index (χ3n) is 3.60. The normalized spacial score (nSPS) is 12.4. The van der Waals surface area contributed by atoms with Gasteiger partial charge in [-0.1, -0.05) is 6.07 Å². The van der Waals surface area contributed by atoms with Crippen LogP contribution in [-0.2, 0) is 12.4 Å². The summed E-state index contributed by atoms with van der Waals surface area (Å²) >= 11 is 0.759. The summed E-state index contributed by atoms with van der Waals surface area (Å²) < 4.78 is 89.9. The molecule has 0 spiro atoms. The lowest BCUT2D eigenvalue weighted by Crippen LogP contribution is -2.13. The van der Waals surface area contributed by atoms with Crippen molar-refractivity contribution in [2.45, 2.75) is 12.4 Å². The van der Waals surface area contributed by atoms with Crippen molar-refractivity contribution in [2.24, 2.45) is 0 Å². The highest BCUT2D eigenvalue weighted by molar-refractivity contribution is 7.20. The molecule has 1 aromatic heterocycles. The van der Waals surface area contributed by atoms with Crippen LogP contribution in [0.2, 0.25) is 0 Å². The summed E-state index contributed by atoms with van der Waals surface area (Å²) in [4.78, 5) is 12.2. The molecule has 0 radical (unpaired) electrons. The van der Waals surface area contributed by atoms with Crippen molar-refractivity contribution in [3.05, 3.63) is 64.3 Å². The van der Waals surface area contributed by atoms with Gasteiger partial charge in [0.2, 0.25) is 0 Å². The lowest BCUT2D eigenvalue weighted by Gasteiger charge is -2.10. The average molecular weight is 407 g/mol. The number of rotatable bonds is 2. The minimum absolute atomic E-state index is 0.00204. The van der Waals surface area contributed by atoms with Crippen molar-refractivity contribution in [1.82, 2.24) is 0 Å². The Kier molecular flexibility index (Phi) is 4.62. The first kappa shape index (κ1) is 19.2. The molecule has 3 rings (SSSR count). The molecule has 0 bridgehead atoms. The summed E-state index contributed by atoms with van der Waals surface area (Å²) in [7, 11) is 0. The first-order valence-electron chi connectivity index (χ1n) is 7.24. The molecule has 10 heteroatoms. The molecule has 0 atom stereocenters. The van der Waals surface area contributed by atoms with Crippen LogP contribution in [0.25, 0.3) is 10.1 Å². The number of hydrogen-bond donors (Lipinski definition) is 1. The number of alkyl halides is 6. The highest BCUT2D eigenvalue weighted by Gasteiger charge is 2.34. The minimum atomic E-state index is -4.93. The standard InChI is InChI=1S/C17H8F7NOS/c18-12-4-3-10(7-11(12)17(22,23)24)25-15(26)14-5-8-1-2-9(16(19,20)21)6-13(8)27-14/h1-7H,(H,25,26). The molecule has 142 valence electrons. The molecule has 0 aliphatic rings. The predicted molar refractivity (Wildman–Crippen MR) is 86.2 cm³/mol. The fourth-order valence-corrected chi connectivity index (χ4v) is 3.33. The van der Waals surface area contributed by atoms with E-state index in [1.165, 1.54) is 12.1 Å². The molecule has 3 aromatic rings. The number of carbonyl (C=O) groups is 1. The number of fused-ring (bicyclic) bond motifs is 1. The topological polar surface area (TPSA) is 29.1 Å². The van der Waals surface area contributed by atoms with Crippen molar-refractivity contribution in [3.8, 4) is 0 Å². The van der Waals surface area contributed by atoms with E-state index in [1.807, 2.05) is 0 Å². The zero-order chi connectivity index (χ0) is 20.0. The number of thiophene rings is 1. The summed E-state index contributed by atoms with van der Waals surface area (Å²) in [6.07, 6.45) is -9.47. The maximum atomic E-state index is 13.3.